The number of carbonyl (C=O) groups is 1. The fourth-order valence-electron chi connectivity index (χ4n) is 2.80. The first-order valence-corrected chi connectivity index (χ1v) is 8.25. The number of fused-ring (bicyclic) bond motifs is 1. The van der Waals surface area contributed by atoms with E-state index >= 15 is 0 Å². The second kappa shape index (κ2) is 5.61. The lowest BCUT2D eigenvalue weighted by molar-refractivity contribution is -0.116. The molecule has 0 spiro atoms. The lowest BCUT2D eigenvalue weighted by Gasteiger charge is -2.27. The monoisotopic (exact) mass is 315 g/mol. The molecule has 0 fully saturated rings. The van der Waals surface area contributed by atoms with Gasteiger partial charge in [-0.15, -0.1) is 0 Å². The maximum absolute atomic E-state index is 12.5. The summed E-state index contributed by atoms with van der Waals surface area (Å²) in [6, 6.07) is 7.94. The number of thioether (sulfide) groups is 1. The predicted molar refractivity (Wildman–Crippen MR) is 87.5 cm³/mol. The quantitative estimate of drug-likeness (QED) is 0.682. The second-order valence-electron chi connectivity index (χ2n) is 5.44. The molecule has 1 aromatic heterocycles. The fourth-order valence-corrected chi connectivity index (χ4v) is 3.34. The number of carbonyl (C=O) groups excluding carboxylic acids is 1. The minimum Gasteiger partial charge on any atom is -0.312 e. The van der Waals surface area contributed by atoms with Crippen LogP contribution in [0.5, 0.6) is 0 Å². The Morgan fingerprint density at radius 2 is 1.95 bits per heavy atom. The number of aryl methyl sites for hydroxylation is 1. The van der Waals surface area contributed by atoms with Crippen LogP contribution in [0, 0.1) is 6.92 Å². The summed E-state index contributed by atoms with van der Waals surface area (Å²) < 4.78 is 1.78. The fraction of sp³-hybridized carbons (Fsp3) is 0.312. The molecular formula is C16H17N3O2S. The first-order valence-electron chi connectivity index (χ1n) is 7.02. The van der Waals surface area contributed by atoms with Crippen LogP contribution in [0.1, 0.15) is 29.0 Å². The van der Waals surface area contributed by atoms with Crippen molar-refractivity contribution in [2.45, 2.75) is 24.4 Å². The maximum Gasteiger partial charge on any atom is 0.279 e. The lowest BCUT2D eigenvalue weighted by Crippen LogP contribution is -2.33. The predicted octanol–water partition coefficient (Wildman–Crippen LogP) is 2.28. The zero-order chi connectivity index (χ0) is 15.9. The SMILES string of the molecule is CSc1nc(=O)c2c(n1C)NC(=O)CC2c1ccc(C)cc1. The number of nitrogens with one attached hydrogen (secondary N) is 1. The molecule has 0 bridgehead atoms. The van der Waals surface area contributed by atoms with Gasteiger partial charge in [-0.2, -0.15) is 4.98 Å². The van der Waals surface area contributed by atoms with Gasteiger partial charge in [-0.3, -0.25) is 9.59 Å². The number of hydrogen-bond donors (Lipinski definition) is 1. The Bertz CT molecular complexity index is 796. The molecule has 1 unspecified atom stereocenters. The molecule has 0 saturated carbocycles. The molecule has 3 rings (SSSR count). The van der Waals surface area contributed by atoms with E-state index in [1.807, 2.05) is 44.5 Å². The van der Waals surface area contributed by atoms with E-state index < -0.39 is 0 Å². The molecule has 0 aliphatic carbocycles. The van der Waals surface area contributed by atoms with Crippen LogP contribution in [0.15, 0.2) is 34.2 Å². The van der Waals surface area contributed by atoms with Crippen LogP contribution in [0.2, 0.25) is 0 Å². The highest BCUT2D eigenvalue weighted by molar-refractivity contribution is 7.98. The summed E-state index contributed by atoms with van der Waals surface area (Å²) in [7, 11) is 1.81. The van der Waals surface area contributed by atoms with E-state index in [0.717, 1.165) is 11.1 Å². The van der Waals surface area contributed by atoms with Gasteiger partial charge in [-0.1, -0.05) is 41.6 Å². The Balaban J connectivity index is 2.21. The molecular weight excluding hydrogens is 298 g/mol. The number of nitrogens with zero attached hydrogens (tertiary/aromatic N) is 2. The van der Waals surface area contributed by atoms with Gasteiger partial charge in [0.05, 0.1) is 5.56 Å². The molecule has 0 radical (unpaired) electrons. The molecule has 6 heteroatoms. The molecule has 114 valence electrons. The summed E-state index contributed by atoms with van der Waals surface area (Å²) >= 11 is 1.38. The van der Waals surface area contributed by atoms with Crippen LogP contribution in [0.3, 0.4) is 0 Å². The van der Waals surface area contributed by atoms with E-state index in [-0.39, 0.29) is 23.8 Å². The van der Waals surface area contributed by atoms with Gasteiger partial charge in [-0.25, -0.2) is 0 Å². The van der Waals surface area contributed by atoms with Gasteiger partial charge in [0.2, 0.25) is 5.91 Å². The Hall–Kier alpha value is -2.08. The number of rotatable bonds is 2. The second-order valence-corrected chi connectivity index (χ2v) is 6.21. The average Bonchev–Trinajstić information content (AvgIpc) is 2.50. The molecule has 2 aromatic rings. The third-order valence-electron chi connectivity index (χ3n) is 3.96. The van der Waals surface area contributed by atoms with E-state index in [1.165, 1.54) is 11.8 Å². The highest BCUT2D eigenvalue weighted by atomic mass is 32.2. The smallest absolute Gasteiger partial charge is 0.279 e. The van der Waals surface area contributed by atoms with Crippen molar-refractivity contribution in [3.63, 3.8) is 0 Å². The summed E-state index contributed by atoms with van der Waals surface area (Å²) in [5.41, 5.74) is 2.43. The lowest BCUT2D eigenvalue weighted by atomic mass is 9.86. The van der Waals surface area contributed by atoms with Gasteiger partial charge >= 0.3 is 0 Å². The third-order valence-corrected chi connectivity index (χ3v) is 4.69. The molecule has 1 amide bonds. The molecule has 1 aromatic carbocycles. The molecule has 2 heterocycles. The van der Waals surface area contributed by atoms with Crippen molar-refractivity contribution in [1.82, 2.24) is 9.55 Å². The molecule has 1 atom stereocenters. The minimum atomic E-state index is -0.261. The van der Waals surface area contributed by atoms with Gasteiger partial charge in [-0.05, 0) is 18.7 Å². The van der Waals surface area contributed by atoms with E-state index in [2.05, 4.69) is 10.3 Å². The minimum absolute atomic E-state index is 0.0775. The maximum atomic E-state index is 12.5. The zero-order valence-corrected chi connectivity index (χ0v) is 13.5. The van der Waals surface area contributed by atoms with E-state index in [9.17, 15) is 9.59 Å². The number of anilines is 1. The number of benzene rings is 1. The van der Waals surface area contributed by atoms with Crippen LogP contribution in [-0.4, -0.2) is 21.7 Å². The Morgan fingerprint density at radius 3 is 2.59 bits per heavy atom. The van der Waals surface area contributed by atoms with Crippen molar-refractivity contribution in [2.24, 2.45) is 7.05 Å². The van der Waals surface area contributed by atoms with Gasteiger partial charge in [0.25, 0.3) is 5.56 Å². The summed E-state index contributed by atoms with van der Waals surface area (Å²) in [6.45, 7) is 2.01. The van der Waals surface area contributed by atoms with E-state index in [0.29, 0.717) is 16.5 Å². The van der Waals surface area contributed by atoms with Crippen LogP contribution >= 0.6 is 11.8 Å². The van der Waals surface area contributed by atoms with Crippen LogP contribution in [-0.2, 0) is 11.8 Å². The van der Waals surface area contributed by atoms with E-state index in [4.69, 9.17) is 0 Å². The van der Waals surface area contributed by atoms with Crippen molar-refractivity contribution >= 4 is 23.5 Å². The van der Waals surface area contributed by atoms with Gasteiger partial charge in [0.15, 0.2) is 5.16 Å². The number of hydrogen-bond acceptors (Lipinski definition) is 4. The summed E-state index contributed by atoms with van der Waals surface area (Å²) in [5, 5.41) is 3.42. The first-order chi connectivity index (χ1) is 10.5. The molecule has 1 aliphatic rings. The molecule has 22 heavy (non-hydrogen) atoms. The molecule has 1 aliphatic heterocycles. The molecule has 1 N–H and O–H groups in total. The topological polar surface area (TPSA) is 64.0 Å². The van der Waals surface area contributed by atoms with Crippen molar-refractivity contribution < 1.29 is 4.79 Å². The van der Waals surface area contributed by atoms with Gasteiger partial charge in [0.1, 0.15) is 5.82 Å². The van der Waals surface area contributed by atoms with Gasteiger partial charge < -0.3 is 9.88 Å². The molecule has 0 saturated heterocycles. The highest BCUT2D eigenvalue weighted by Gasteiger charge is 2.31. The summed E-state index contributed by atoms with van der Waals surface area (Å²) in [5.74, 6) is 0.240. The van der Waals surface area contributed by atoms with Crippen LogP contribution < -0.4 is 10.9 Å². The van der Waals surface area contributed by atoms with Gasteiger partial charge in [0, 0.05) is 19.4 Å². The van der Waals surface area contributed by atoms with Crippen molar-refractivity contribution in [3.8, 4) is 0 Å². The zero-order valence-electron chi connectivity index (χ0n) is 12.7. The van der Waals surface area contributed by atoms with Crippen LogP contribution in [0.4, 0.5) is 5.82 Å². The standard InChI is InChI=1S/C16H17N3O2S/c1-9-4-6-10(7-5-9)11-8-12(20)17-14-13(11)15(21)18-16(22-3)19(14)2/h4-7,11H,8H2,1-3H3,(H,17,20). The van der Waals surface area contributed by atoms with Crippen LogP contribution in [0.25, 0.3) is 0 Å². The highest BCUT2D eigenvalue weighted by Crippen LogP contribution is 2.35. The van der Waals surface area contributed by atoms with Crippen molar-refractivity contribution in [1.29, 1.82) is 0 Å². The largest absolute Gasteiger partial charge is 0.312 e. The Morgan fingerprint density at radius 1 is 1.27 bits per heavy atom. The normalized spacial score (nSPS) is 17.0. The third kappa shape index (κ3) is 2.43. The number of amides is 1. The van der Waals surface area contributed by atoms with Crippen molar-refractivity contribution in [3.05, 3.63) is 51.3 Å². The first kappa shape index (κ1) is 14.8. The van der Waals surface area contributed by atoms with E-state index in [1.54, 1.807) is 4.57 Å². The Kier molecular flexibility index (Phi) is 3.78. The van der Waals surface area contributed by atoms with Crippen molar-refractivity contribution in [2.75, 3.05) is 11.6 Å². The molecule has 5 nitrogen and oxygen atoms in total. The number of aromatic nitrogens is 2. The average molecular weight is 315 g/mol. The Labute approximate surface area is 132 Å². The summed E-state index contributed by atoms with van der Waals surface area (Å²) in [6.07, 6.45) is 2.13. The summed E-state index contributed by atoms with van der Waals surface area (Å²) in [4.78, 5) is 28.7.